The summed E-state index contributed by atoms with van der Waals surface area (Å²) in [7, 11) is 0. The van der Waals surface area contributed by atoms with Crippen LogP contribution in [-0.4, -0.2) is 34.7 Å². The number of rotatable bonds is 5. The third-order valence-corrected chi connectivity index (χ3v) is 3.37. The zero-order valence-corrected chi connectivity index (χ0v) is 12.1. The van der Waals surface area contributed by atoms with Crippen LogP contribution in [0.1, 0.15) is 16.8 Å². The highest BCUT2D eigenvalue weighted by Crippen LogP contribution is 2.18. The van der Waals surface area contributed by atoms with Crippen LogP contribution in [0.2, 0.25) is 5.02 Å². The van der Waals surface area contributed by atoms with Crippen molar-refractivity contribution < 1.29 is 19.8 Å². The Balaban J connectivity index is 2.86. The van der Waals surface area contributed by atoms with Crippen LogP contribution in [0, 0.1) is 3.57 Å². The fraction of sp³-hybridized carbons (Fsp3) is 0.273. The second kappa shape index (κ2) is 6.91. The van der Waals surface area contributed by atoms with Gasteiger partial charge in [-0.05, 0) is 40.8 Å². The molecule has 0 spiro atoms. The fourth-order valence-corrected chi connectivity index (χ4v) is 2.05. The van der Waals surface area contributed by atoms with E-state index in [1.54, 1.807) is 12.1 Å². The molecule has 0 radical (unpaired) electrons. The molecule has 1 aromatic carbocycles. The standard InChI is InChI=1S/C11H11ClINO4/c12-6-1-2-8(13)7(5-6)10(16)14-9(3-4-15)11(17)18/h1-2,5,9,15H,3-4H2,(H,14,16)(H,17,18)/t9-/m1/s1. The molecule has 98 valence electrons. The van der Waals surface area contributed by atoms with Crippen LogP contribution in [0.5, 0.6) is 0 Å². The number of carbonyl (C=O) groups excluding carboxylic acids is 1. The lowest BCUT2D eigenvalue weighted by atomic mass is 10.1. The van der Waals surface area contributed by atoms with Gasteiger partial charge in [0.2, 0.25) is 0 Å². The van der Waals surface area contributed by atoms with Gasteiger partial charge < -0.3 is 15.5 Å². The van der Waals surface area contributed by atoms with Crippen molar-refractivity contribution in [1.82, 2.24) is 5.32 Å². The summed E-state index contributed by atoms with van der Waals surface area (Å²) >= 11 is 7.74. The van der Waals surface area contributed by atoms with Crippen molar-refractivity contribution >= 4 is 46.1 Å². The molecule has 0 unspecified atom stereocenters. The van der Waals surface area contributed by atoms with Gasteiger partial charge in [-0.1, -0.05) is 11.6 Å². The van der Waals surface area contributed by atoms with Crippen molar-refractivity contribution in [2.24, 2.45) is 0 Å². The molecule has 0 aliphatic heterocycles. The summed E-state index contributed by atoms with van der Waals surface area (Å²) in [5.41, 5.74) is 0.312. The minimum atomic E-state index is -1.19. The Labute approximate surface area is 122 Å². The number of carboxylic acid groups (broad SMARTS) is 1. The van der Waals surface area contributed by atoms with E-state index in [1.807, 2.05) is 22.6 Å². The van der Waals surface area contributed by atoms with Crippen LogP contribution in [0.15, 0.2) is 18.2 Å². The van der Waals surface area contributed by atoms with E-state index >= 15 is 0 Å². The molecule has 1 atom stereocenters. The molecule has 0 aliphatic carbocycles. The molecule has 0 heterocycles. The minimum Gasteiger partial charge on any atom is -0.480 e. The monoisotopic (exact) mass is 383 g/mol. The van der Waals surface area contributed by atoms with Gasteiger partial charge >= 0.3 is 5.97 Å². The van der Waals surface area contributed by atoms with Crippen LogP contribution in [-0.2, 0) is 4.79 Å². The van der Waals surface area contributed by atoms with E-state index in [-0.39, 0.29) is 13.0 Å². The second-order valence-electron chi connectivity index (χ2n) is 3.50. The van der Waals surface area contributed by atoms with Gasteiger partial charge in [0.05, 0.1) is 5.56 Å². The van der Waals surface area contributed by atoms with Gasteiger partial charge in [-0.25, -0.2) is 4.79 Å². The number of aliphatic hydroxyl groups is 1. The molecular weight excluding hydrogens is 372 g/mol. The van der Waals surface area contributed by atoms with Crippen molar-refractivity contribution in [3.05, 3.63) is 32.4 Å². The number of hydrogen-bond donors (Lipinski definition) is 3. The van der Waals surface area contributed by atoms with Gasteiger partial charge in [0, 0.05) is 21.6 Å². The number of nitrogens with one attached hydrogen (secondary N) is 1. The maximum absolute atomic E-state index is 11.9. The Hall–Kier alpha value is -0.860. The number of carbonyl (C=O) groups is 2. The molecule has 0 aromatic heterocycles. The normalized spacial score (nSPS) is 11.9. The maximum atomic E-state index is 11.9. The lowest BCUT2D eigenvalue weighted by Gasteiger charge is -2.14. The highest BCUT2D eigenvalue weighted by Gasteiger charge is 2.21. The predicted molar refractivity (Wildman–Crippen MR) is 74.8 cm³/mol. The van der Waals surface area contributed by atoms with E-state index in [1.165, 1.54) is 6.07 Å². The fourth-order valence-electron chi connectivity index (χ4n) is 1.29. The third kappa shape index (κ3) is 4.11. The van der Waals surface area contributed by atoms with Gasteiger partial charge in [0.1, 0.15) is 6.04 Å². The number of benzene rings is 1. The van der Waals surface area contributed by atoms with Crippen LogP contribution >= 0.6 is 34.2 Å². The highest BCUT2D eigenvalue weighted by molar-refractivity contribution is 14.1. The highest BCUT2D eigenvalue weighted by atomic mass is 127. The van der Waals surface area contributed by atoms with Crippen LogP contribution in [0.25, 0.3) is 0 Å². The first-order valence-electron chi connectivity index (χ1n) is 5.05. The van der Waals surface area contributed by atoms with Crippen molar-refractivity contribution in [3.63, 3.8) is 0 Å². The molecule has 18 heavy (non-hydrogen) atoms. The molecule has 0 fully saturated rings. The van der Waals surface area contributed by atoms with Crippen LogP contribution < -0.4 is 5.32 Å². The molecule has 0 bridgehead atoms. The quantitative estimate of drug-likeness (QED) is 0.673. The number of aliphatic hydroxyl groups excluding tert-OH is 1. The van der Waals surface area contributed by atoms with Crippen LogP contribution in [0.3, 0.4) is 0 Å². The van der Waals surface area contributed by atoms with Gasteiger partial charge in [-0.2, -0.15) is 0 Å². The molecular formula is C11H11ClINO4. The molecule has 0 saturated heterocycles. The van der Waals surface area contributed by atoms with Crippen LogP contribution in [0.4, 0.5) is 0 Å². The summed E-state index contributed by atoms with van der Waals surface area (Å²) in [6.45, 7) is -0.316. The molecule has 5 nitrogen and oxygen atoms in total. The smallest absolute Gasteiger partial charge is 0.326 e. The Morgan fingerprint density at radius 2 is 2.11 bits per heavy atom. The number of amides is 1. The first-order valence-corrected chi connectivity index (χ1v) is 6.51. The summed E-state index contributed by atoms with van der Waals surface area (Å²) in [5, 5.41) is 20.3. The molecule has 1 aromatic rings. The molecule has 7 heteroatoms. The maximum Gasteiger partial charge on any atom is 0.326 e. The third-order valence-electron chi connectivity index (χ3n) is 2.19. The van der Waals surface area contributed by atoms with Crippen molar-refractivity contribution in [2.45, 2.75) is 12.5 Å². The Morgan fingerprint density at radius 1 is 1.44 bits per heavy atom. The van der Waals surface area contributed by atoms with E-state index in [0.29, 0.717) is 14.2 Å². The summed E-state index contributed by atoms with van der Waals surface area (Å²) in [4.78, 5) is 22.7. The number of carboxylic acids is 1. The largest absolute Gasteiger partial charge is 0.480 e. The second-order valence-corrected chi connectivity index (χ2v) is 5.10. The Kier molecular flexibility index (Phi) is 5.83. The lowest BCUT2D eigenvalue weighted by molar-refractivity contribution is -0.139. The predicted octanol–water partition coefficient (Wildman–Crippen LogP) is 1.51. The number of halogens is 2. The summed E-state index contributed by atoms with van der Waals surface area (Å²) in [5.74, 6) is -1.71. The van der Waals surface area contributed by atoms with E-state index in [4.69, 9.17) is 21.8 Å². The molecule has 1 amide bonds. The molecule has 1 rings (SSSR count). The van der Waals surface area contributed by atoms with Gasteiger partial charge in [0.25, 0.3) is 5.91 Å². The Morgan fingerprint density at radius 3 is 2.67 bits per heavy atom. The number of aliphatic carboxylic acids is 1. The van der Waals surface area contributed by atoms with Gasteiger partial charge in [-0.15, -0.1) is 0 Å². The van der Waals surface area contributed by atoms with Crippen molar-refractivity contribution in [2.75, 3.05) is 6.61 Å². The topological polar surface area (TPSA) is 86.6 Å². The summed E-state index contributed by atoms with van der Waals surface area (Å²) in [6.07, 6.45) is -0.0434. The lowest BCUT2D eigenvalue weighted by Crippen LogP contribution is -2.41. The summed E-state index contributed by atoms with van der Waals surface area (Å²) in [6, 6.07) is 3.66. The average molecular weight is 384 g/mol. The zero-order valence-electron chi connectivity index (χ0n) is 9.19. The number of hydrogen-bond acceptors (Lipinski definition) is 3. The molecule has 0 aliphatic rings. The van der Waals surface area contributed by atoms with E-state index in [9.17, 15) is 9.59 Å². The minimum absolute atomic E-state index is 0.0434. The summed E-state index contributed by atoms with van der Waals surface area (Å²) < 4.78 is 0.669. The van der Waals surface area contributed by atoms with Gasteiger partial charge in [-0.3, -0.25) is 4.79 Å². The van der Waals surface area contributed by atoms with E-state index < -0.39 is 17.9 Å². The van der Waals surface area contributed by atoms with E-state index in [0.717, 1.165) is 0 Å². The van der Waals surface area contributed by atoms with Gasteiger partial charge in [0.15, 0.2) is 0 Å². The molecule has 0 saturated carbocycles. The van der Waals surface area contributed by atoms with E-state index in [2.05, 4.69) is 5.32 Å². The first kappa shape index (κ1) is 15.2. The zero-order chi connectivity index (χ0) is 13.7. The SMILES string of the molecule is O=C(N[C@H](CCO)C(=O)O)c1cc(Cl)ccc1I. The molecule has 3 N–H and O–H groups in total. The Bertz CT molecular complexity index is 466. The van der Waals surface area contributed by atoms with Crippen molar-refractivity contribution in [3.8, 4) is 0 Å². The first-order chi connectivity index (χ1) is 8.45. The van der Waals surface area contributed by atoms with Crippen molar-refractivity contribution in [1.29, 1.82) is 0 Å². The average Bonchev–Trinajstić information content (AvgIpc) is 2.31.